The molecule has 3 aromatic carbocycles. The number of carbonyl (C=O) groups excluding carboxylic acids is 4. The number of pyridine rings is 1. The number of carbonyl (C=O) groups is 4. The van der Waals surface area contributed by atoms with Gasteiger partial charge in [0, 0.05) is 46.4 Å². The molecule has 1 aliphatic carbocycles. The molecule has 14 heteroatoms. The molecular formula is C43H46F4N6O4. The van der Waals surface area contributed by atoms with Crippen LogP contribution in [0.25, 0.3) is 21.7 Å². The number of para-hydroxylation sites is 1. The Kier molecular flexibility index (Phi) is 12.0. The van der Waals surface area contributed by atoms with E-state index in [-0.39, 0.29) is 48.1 Å². The molecule has 1 aliphatic rings. The Morgan fingerprint density at radius 3 is 2.26 bits per heavy atom. The van der Waals surface area contributed by atoms with Gasteiger partial charge in [-0.3, -0.25) is 24.2 Å². The molecule has 6 rings (SSSR count). The van der Waals surface area contributed by atoms with Crippen molar-refractivity contribution in [2.75, 3.05) is 5.32 Å². The van der Waals surface area contributed by atoms with Crippen LogP contribution in [0.5, 0.6) is 0 Å². The minimum atomic E-state index is -4.66. The van der Waals surface area contributed by atoms with Crippen molar-refractivity contribution in [3.63, 3.8) is 0 Å². The summed E-state index contributed by atoms with van der Waals surface area (Å²) in [7, 11) is 0. The van der Waals surface area contributed by atoms with Gasteiger partial charge in [0.25, 0.3) is 0 Å². The van der Waals surface area contributed by atoms with Crippen molar-refractivity contribution in [3.8, 4) is 0 Å². The molecule has 300 valence electrons. The van der Waals surface area contributed by atoms with Crippen LogP contribution in [-0.4, -0.2) is 51.2 Å². The highest BCUT2D eigenvalue weighted by molar-refractivity contribution is 6.05. The Morgan fingerprint density at radius 2 is 1.56 bits per heavy atom. The number of anilines is 1. The third kappa shape index (κ3) is 8.64. The third-order valence-electron chi connectivity index (χ3n) is 11.3. The Morgan fingerprint density at radius 1 is 0.860 bits per heavy atom. The summed E-state index contributed by atoms with van der Waals surface area (Å²) in [5, 5.41) is 13.3. The lowest BCUT2D eigenvalue weighted by Crippen LogP contribution is -2.67. The lowest BCUT2D eigenvalue weighted by molar-refractivity contribution is -0.138. The highest BCUT2D eigenvalue weighted by Gasteiger charge is 2.47. The SMILES string of the molecule is CCC(C)[C@H](NC(=O)Cc1ccccc1F)C(=O)N[C@]1(C(=O)NC(C(=O)Nc2cccc3cnccc23)[C@@H](C)CC)CCc2[nH]c3c(C(F)(F)F)cccc3c2C1. The van der Waals surface area contributed by atoms with Gasteiger partial charge < -0.3 is 26.3 Å². The van der Waals surface area contributed by atoms with Crippen molar-refractivity contribution in [1.29, 1.82) is 0 Å². The number of benzene rings is 3. The summed E-state index contributed by atoms with van der Waals surface area (Å²) in [5.41, 5.74) is -1.17. The number of aromatic amines is 1. The van der Waals surface area contributed by atoms with Gasteiger partial charge in [-0.05, 0) is 60.1 Å². The first-order chi connectivity index (χ1) is 27.2. The van der Waals surface area contributed by atoms with E-state index in [1.807, 2.05) is 26.8 Å². The zero-order valence-corrected chi connectivity index (χ0v) is 32.1. The number of hydrogen-bond acceptors (Lipinski definition) is 5. The molecule has 0 saturated carbocycles. The van der Waals surface area contributed by atoms with Gasteiger partial charge >= 0.3 is 6.18 Å². The van der Waals surface area contributed by atoms with Crippen LogP contribution in [-0.2, 0) is 44.6 Å². The molecule has 0 fully saturated rings. The molecule has 0 aliphatic heterocycles. The number of nitrogens with one attached hydrogen (secondary N) is 5. The van der Waals surface area contributed by atoms with Gasteiger partial charge in [-0.1, -0.05) is 83.0 Å². The normalized spacial score (nSPS) is 17.5. The minimum absolute atomic E-state index is 0.0344. The first-order valence-electron chi connectivity index (χ1n) is 19.1. The van der Waals surface area contributed by atoms with E-state index in [2.05, 4.69) is 31.2 Å². The van der Waals surface area contributed by atoms with Crippen molar-refractivity contribution in [2.45, 2.75) is 90.0 Å². The van der Waals surface area contributed by atoms with Crippen LogP contribution < -0.4 is 21.3 Å². The highest BCUT2D eigenvalue weighted by atomic mass is 19.4. The van der Waals surface area contributed by atoms with Crippen LogP contribution in [0.2, 0.25) is 0 Å². The predicted octanol–water partition coefficient (Wildman–Crippen LogP) is 7.16. The fourth-order valence-electron chi connectivity index (χ4n) is 7.54. The number of halogens is 4. The van der Waals surface area contributed by atoms with Gasteiger partial charge in [0.05, 0.1) is 17.5 Å². The van der Waals surface area contributed by atoms with E-state index in [1.54, 1.807) is 43.6 Å². The standard InChI is InChI=1S/C43H46F4N6O4/c1-5-24(3)36(39(55)50-33-16-9-12-27-23-48-20-18-28(27)33)52-41(57)42(19-17-34-30(22-42)29-13-10-14-31(38(29)49-34)43(45,46)47)53-40(56)37(25(4)6-2)51-35(54)21-26-11-7-8-15-32(26)44/h7-16,18,20,23-25,36-37,49H,5-6,17,19,21-22H2,1-4H3,(H,50,55)(H,51,54)(H,52,57)(H,53,56)/t24-,25?,36?,37-,42+/m0/s1. The third-order valence-corrected chi connectivity index (χ3v) is 11.3. The zero-order valence-electron chi connectivity index (χ0n) is 32.1. The maximum atomic E-state index is 14.9. The fourth-order valence-corrected chi connectivity index (χ4v) is 7.54. The molecule has 2 heterocycles. The van der Waals surface area contributed by atoms with Crippen LogP contribution in [0.15, 0.2) is 79.1 Å². The number of nitrogens with zero attached hydrogens (tertiary/aromatic N) is 1. The summed E-state index contributed by atoms with van der Waals surface area (Å²) in [6.45, 7) is 7.26. The molecule has 10 nitrogen and oxygen atoms in total. The topological polar surface area (TPSA) is 145 Å². The largest absolute Gasteiger partial charge is 0.418 e. The summed E-state index contributed by atoms with van der Waals surface area (Å²) in [5.74, 6) is -3.91. The van der Waals surface area contributed by atoms with Gasteiger partial charge in [0.1, 0.15) is 23.4 Å². The van der Waals surface area contributed by atoms with Crippen LogP contribution in [0.3, 0.4) is 0 Å². The molecule has 5 aromatic rings. The van der Waals surface area contributed by atoms with Crippen LogP contribution >= 0.6 is 0 Å². The van der Waals surface area contributed by atoms with Crippen molar-refractivity contribution >= 4 is 51.0 Å². The Labute approximate surface area is 327 Å². The summed E-state index contributed by atoms with van der Waals surface area (Å²) < 4.78 is 56.8. The maximum absolute atomic E-state index is 14.9. The van der Waals surface area contributed by atoms with Gasteiger partial charge in [0.15, 0.2) is 0 Å². The summed E-state index contributed by atoms with van der Waals surface area (Å²) in [6.07, 6.45) is -0.927. The molecule has 5 N–H and O–H groups in total. The number of aromatic nitrogens is 2. The Balaban J connectivity index is 1.36. The predicted molar refractivity (Wildman–Crippen MR) is 209 cm³/mol. The first kappa shape index (κ1) is 40.9. The van der Waals surface area contributed by atoms with Crippen molar-refractivity contribution in [3.05, 3.63) is 107 Å². The van der Waals surface area contributed by atoms with Crippen LogP contribution in [0.4, 0.5) is 23.2 Å². The highest BCUT2D eigenvalue weighted by Crippen LogP contribution is 2.40. The van der Waals surface area contributed by atoms with Crippen molar-refractivity contribution in [1.82, 2.24) is 25.9 Å². The molecule has 4 amide bonds. The number of alkyl halides is 3. The van der Waals surface area contributed by atoms with Crippen LogP contribution in [0, 0.1) is 17.7 Å². The molecule has 0 bridgehead atoms. The number of fused-ring (bicyclic) bond motifs is 4. The van der Waals surface area contributed by atoms with Gasteiger partial charge in [-0.15, -0.1) is 0 Å². The van der Waals surface area contributed by atoms with E-state index in [4.69, 9.17) is 0 Å². The van der Waals surface area contributed by atoms with Gasteiger partial charge in [0.2, 0.25) is 23.6 Å². The number of amides is 4. The first-order valence-corrected chi connectivity index (χ1v) is 19.1. The number of aryl methyl sites for hydroxylation is 1. The number of H-pyrrole nitrogens is 1. The second-order valence-electron chi connectivity index (χ2n) is 15.0. The van der Waals surface area contributed by atoms with E-state index >= 15 is 0 Å². The Bertz CT molecular complexity index is 2300. The average Bonchev–Trinajstić information content (AvgIpc) is 3.56. The van der Waals surface area contributed by atoms with E-state index in [0.29, 0.717) is 29.8 Å². The lowest BCUT2D eigenvalue weighted by Gasteiger charge is -2.39. The number of rotatable bonds is 13. The molecule has 0 radical (unpaired) electrons. The second-order valence-corrected chi connectivity index (χ2v) is 15.0. The fraction of sp³-hybridized carbons (Fsp3) is 0.372. The zero-order chi connectivity index (χ0) is 41.1. The molecule has 0 spiro atoms. The minimum Gasteiger partial charge on any atom is -0.358 e. The van der Waals surface area contributed by atoms with Crippen LogP contribution in [0.1, 0.15) is 69.3 Å². The quantitative estimate of drug-likeness (QED) is 0.0805. The molecule has 2 unspecified atom stereocenters. The van der Waals surface area contributed by atoms with E-state index in [0.717, 1.165) is 16.8 Å². The summed E-state index contributed by atoms with van der Waals surface area (Å²) in [4.78, 5) is 63.7. The second kappa shape index (κ2) is 16.7. The monoisotopic (exact) mass is 786 g/mol. The summed E-state index contributed by atoms with van der Waals surface area (Å²) >= 11 is 0. The molecular weight excluding hydrogens is 741 g/mol. The van der Waals surface area contributed by atoms with Gasteiger partial charge in [-0.25, -0.2) is 4.39 Å². The molecule has 5 atom stereocenters. The maximum Gasteiger partial charge on any atom is 0.418 e. The summed E-state index contributed by atoms with van der Waals surface area (Å²) in [6, 6.07) is 14.5. The molecule has 2 aromatic heterocycles. The molecule has 57 heavy (non-hydrogen) atoms. The van der Waals surface area contributed by atoms with Crippen molar-refractivity contribution < 1.29 is 36.7 Å². The lowest BCUT2D eigenvalue weighted by atomic mass is 9.78. The average molecular weight is 787 g/mol. The Hall–Kier alpha value is -5.79. The van der Waals surface area contributed by atoms with Crippen molar-refractivity contribution in [2.24, 2.45) is 11.8 Å². The van der Waals surface area contributed by atoms with E-state index in [1.165, 1.54) is 30.3 Å². The van der Waals surface area contributed by atoms with E-state index < -0.39 is 64.7 Å². The number of hydrogen-bond donors (Lipinski definition) is 5. The molecule has 0 saturated heterocycles. The van der Waals surface area contributed by atoms with E-state index in [9.17, 15) is 36.7 Å². The smallest absolute Gasteiger partial charge is 0.358 e. The van der Waals surface area contributed by atoms with Gasteiger partial charge in [-0.2, -0.15) is 13.2 Å².